The number of ether oxygens (including phenoxy) is 2. The summed E-state index contributed by atoms with van der Waals surface area (Å²) in [5.74, 6) is 3.94. The van der Waals surface area contributed by atoms with Crippen LogP contribution in [0.1, 0.15) is 48.3 Å². The average molecular weight is 440 g/mol. The maximum Gasteiger partial charge on any atom is 0.219 e. The van der Waals surface area contributed by atoms with Crippen LogP contribution < -0.4 is 14.8 Å². The fourth-order valence-corrected chi connectivity index (χ4v) is 4.76. The van der Waals surface area contributed by atoms with Gasteiger partial charge in [-0.1, -0.05) is 6.07 Å². The van der Waals surface area contributed by atoms with Crippen molar-refractivity contribution in [3.05, 3.63) is 40.8 Å². The number of anilines is 1. The van der Waals surface area contributed by atoms with E-state index in [4.69, 9.17) is 19.4 Å². The Labute approximate surface area is 189 Å². The molecule has 0 unspecified atom stereocenters. The average Bonchev–Trinajstić information content (AvgIpc) is 2.83. The third kappa shape index (κ3) is 4.50. The molecule has 1 aromatic carbocycles. The van der Waals surface area contributed by atoms with E-state index >= 15 is 0 Å². The number of carbonyl (C=O) groups excluding carboxylic acids is 1. The first kappa shape index (κ1) is 22.3. The van der Waals surface area contributed by atoms with E-state index in [9.17, 15) is 4.79 Å². The van der Waals surface area contributed by atoms with E-state index in [0.29, 0.717) is 12.5 Å². The number of rotatable bonds is 6. The van der Waals surface area contributed by atoms with Gasteiger partial charge in [0.15, 0.2) is 0 Å². The lowest BCUT2D eigenvalue weighted by atomic mass is 9.94. The summed E-state index contributed by atoms with van der Waals surface area (Å²) in [7, 11) is 5.31. The molecule has 32 heavy (non-hydrogen) atoms. The van der Waals surface area contributed by atoms with Crippen LogP contribution in [-0.2, 0) is 24.3 Å². The number of methoxy groups -OCH3 is 2. The molecule has 0 bridgehead atoms. The third-order valence-corrected chi connectivity index (χ3v) is 6.63. The number of benzene rings is 1. The number of hydrogen-bond acceptors (Lipinski definition) is 7. The number of nitrogens with one attached hydrogen (secondary N) is 1. The summed E-state index contributed by atoms with van der Waals surface area (Å²) in [6.45, 7) is 5.63. The zero-order chi connectivity index (χ0) is 22.7. The second kappa shape index (κ2) is 9.73. The molecule has 2 aromatic rings. The topological polar surface area (TPSA) is 79.8 Å². The maximum atomic E-state index is 11.9. The molecule has 8 nitrogen and oxygen atoms in total. The number of piperidine rings is 1. The fraction of sp³-hybridized carbons (Fsp3) is 0.542. The van der Waals surface area contributed by atoms with Gasteiger partial charge in [0, 0.05) is 38.5 Å². The quantitative estimate of drug-likeness (QED) is 0.741. The molecule has 0 atom stereocenters. The number of hydrogen-bond donors (Lipinski definition) is 1. The van der Waals surface area contributed by atoms with Crippen molar-refractivity contribution in [1.82, 2.24) is 19.8 Å². The van der Waals surface area contributed by atoms with Crippen molar-refractivity contribution in [1.29, 1.82) is 0 Å². The zero-order valence-electron chi connectivity index (χ0n) is 19.5. The number of fused-ring (bicyclic) bond motifs is 1. The first-order chi connectivity index (χ1) is 15.5. The highest BCUT2D eigenvalue weighted by atomic mass is 16.5. The van der Waals surface area contributed by atoms with Crippen molar-refractivity contribution in [3.8, 4) is 11.5 Å². The van der Waals surface area contributed by atoms with Gasteiger partial charge in [-0.2, -0.15) is 0 Å². The number of nitrogens with zero attached hydrogens (tertiary/aromatic N) is 4. The minimum atomic E-state index is 0.0990. The Bertz CT molecular complexity index is 950. The smallest absolute Gasteiger partial charge is 0.219 e. The summed E-state index contributed by atoms with van der Waals surface area (Å²) < 4.78 is 11.1. The molecule has 1 fully saturated rings. The molecule has 4 rings (SSSR count). The molecular formula is C24H33N5O3. The Balaban J connectivity index is 1.47. The van der Waals surface area contributed by atoms with Crippen LogP contribution in [0.2, 0.25) is 0 Å². The highest BCUT2D eigenvalue weighted by Gasteiger charge is 2.28. The lowest BCUT2D eigenvalue weighted by Crippen LogP contribution is -2.36. The van der Waals surface area contributed by atoms with Crippen LogP contribution in [0.15, 0.2) is 18.2 Å². The predicted octanol–water partition coefficient (Wildman–Crippen LogP) is 2.82. The van der Waals surface area contributed by atoms with Gasteiger partial charge < -0.3 is 19.7 Å². The van der Waals surface area contributed by atoms with Crippen molar-refractivity contribution in [2.75, 3.05) is 46.2 Å². The molecule has 172 valence electrons. The summed E-state index contributed by atoms with van der Waals surface area (Å²) >= 11 is 0. The first-order valence-corrected chi connectivity index (χ1v) is 11.3. The fourth-order valence-electron chi connectivity index (χ4n) is 4.76. The van der Waals surface area contributed by atoms with E-state index in [1.165, 1.54) is 0 Å². The van der Waals surface area contributed by atoms with E-state index in [0.717, 1.165) is 85.4 Å². The van der Waals surface area contributed by atoms with E-state index < -0.39 is 0 Å². The molecule has 3 heterocycles. The van der Waals surface area contributed by atoms with E-state index in [-0.39, 0.29) is 5.91 Å². The van der Waals surface area contributed by atoms with Crippen molar-refractivity contribution < 1.29 is 14.3 Å². The van der Waals surface area contributed by atoms with Crippen LogP contribution in [0.4, 0.5) is 5.82 Å². The van der Waals surface area contributed by atoms with Gasteiger partial charge in [-0.3, -0.25) is 9.69 Å². The Hall–Kier alpha value is -2.87. The van der Waals surface area contributed by atoms with Crippen LogP contribution in [0, 0.1) is 0 Å². The number of likely N-dealkylation sites (tertiary alicyclic amines) is 1. The summed E-state index contributed by atoms with van der Waals surface area (Å²) in [6, 6.07) is 5.91. The highest BCUT2D eigenvalue weighted by molar-refractivity contribution is 5.73. The van der Waals surface area contributed by atoms with Crippen molar-refractivity contribution in [2.24, 2.45) is 0 Å². The van der Waals surface area contributed by atoms with Crippen LogP contribution in [0.3, 0.4) is 0 Å². The predicted molar refractivity (Wildman–Crippen MR) is 123 cm³/mol. The minimum absolute atomic E-state index is 0.0990. The van der Waals surface area contributed by atoms with Crippen LogP contribution in [0.25, 0.3) is 0 Å². The van der Waals surface area contributed by atoms with Crippen LogP contribution >= 0.6 is 0 Å². The maximum absolute atomic E-state index is 11.9. The summed E-state index contributed by atoms with van der Waals surface area (Å²) in [5.41, 5.74) is 3.22. The zero-order valence-corrected chi connectivity index (χ0v) is 19.5. The molecule has 1 saturated heterocycles. The van der Waals surface area contributed by atoms with Gasteiger partial charge in [-0.25, -0.2) is 9.97 Å². The standard InChI is InChI=1S/C24H33N5O3/c1-16(30)29-13-10-18-20(15-29)26-23(27-24(18)25-2)17-8-11-28(12-9-17)14-19-21(31-3)6-5-7-22(19)32-4/h5-7,17H,8-15H2,1-4H3,(H,25,26,27). The first-order valence-electron chi connectivity index (χ1n) is 11.3. The third-order valence-electron chi connectivity index (χ3n) is 6.63. The van der Waals surface area contributed by atoms with Gasteiger partial charge in [-0.05, 0) is 44.5 Å². The molecule has 0 saturated carbocycles. The molecule has 1 N–H and O–H groups in total. The SMILES string of the molecule is CNc1nc(C2CCN(Cc3c(OC)cccc3OC)CC2)nc2c1CCN(C(C)=O)C2. The van der Waals surface area contributed by atoms with E-state index in [1.54, 1.807) is 21.1 Å². The highest BCUT2D eigenvalue weighted by Crippen LogP contribution is 2.34. The molecule has 2 aliphatic heterocycles. The summed E-state index contributed by atoms with van der Waals surface area (Å²) in [6.07, 6.45) is 2.79. The van der Waals surface area contributed by atoms with E-state index in [2.05, 4.69) is 10.2 Å². The summed E-state index contributed by atoms with van der Waals surface area (Å²) in [5, 5.41) is 3.25. The van der Waals surface area contributed by atoms with Crippen molar-refractivity contribution >= 4 is 11.7 Å². The Kier molecular flexibility index (Phi) is 6.79. The number of aromatic nitrogens is 2. The monoisotopic (exact) mass is 439 g/mol. The van der Waals surface area contributed by atoms with Crippen LogP contribution in [0.5, 0.6) is 11.5 Å². The van der Waals surface area contributed by atoms with Gasteiger partial charge in [0.2, 0.25) is 5.91 Å². The molecule has 8 heteroatoms. The molecule has 0 aliphatic carbocycles. The largest absolute Gasteiger partial charge is 0.496 e. The van der Waals surface area contributed by atoms with Gasteiger partial charge in [0.1, 0.15) is 23.1 Å². The van der Waals surface area contributed by atoms with E-state index in [1.807, 2.05) is 30.1 Å². The molecular weight excluding hydrogens is 406 g/mol. The lowest BCUT2D eigenvalue weighted by Gasteiger charge is -2.33. The number of carbonyl (C=O) groups is 1. The molecule has 0 spiro atoms. The molecule has 1 aromatic heterocycles. The Morgan fingerprint density at radius 1 is 1.12 bits per heavy atom. The molecule has 2 aliphatic rings. The second-order valence-corrected chi connectivity index (χ2v) is 8.49. The van der Waals surface area contributed by atoms with Crippen LogP contribution in [-0.4, -0.2) is 66.6 Å². The number of amides is 1. The minimum Gasteiger partial charge on any atom is -0.496 e. The van der Waals surface area contributed by atoms with Gasteiger partial charge in [0.05, 0.1) is 32.0 Å². The van der Waals surface area contributed by atoms with Crippen molar-refractivity contribution in [3.63, 3.8) is 0 Å². The lowest BCUT2D eigenvalue weighted by molar-refractivity contribution is -0.129. The van der Waals surface area contributed by atoms with Gasteiger partial charge >= 0.3 is 0 Å². The van der Waals surface area contributed by atoms with Gasteiger partial charge in [-0.15, -0.1) is 0 Å². The summed E-state index contributed by atoms with van der Waals surface area (Å²) in [4.78, 5) is 26.0. The molecule has 0 radical (unpaired) electrons. The van der Waals surface area contributed by atoms with Crippen molar-refractivity contribution in [2.45, 2.75) is 45.2 Å². The molecule has 1 amide bonds. The Morgan fingerprint density at radius 3 is 2.41 bits per heavy atom. The second-order valence-electron chi connectivity index (χ2n) is 8.49. The van der Waals surface area contributed by atoms with Gasteiger partial charge in [0.25, 0.3) is 0 Å². The Morgan fingerprint density at radius 2 is 1.81 bits per heavy atom. The normalized spacial score (nSPS) is 17.1.